The molecule has 45 heavy (non-hydrogen) atoms. The zero-order valence-electron chi connectivity index (χ0n) is 28.1. The lowest BCUT2D eigenvalue weighted by Gasteiger charge is -2.16. The van der Waals surface area contributed by atoms with E-state index in [2.05, 4.69) is 47.3 Å². The molecule has 1 N–H and O–H groups in total. The van der Waals surface area contributed by atoms with Crippen LogP contribution in [-0.2, 0) is 39.3 Å². The van der Waals surface area contributed by atoms with Gasteiger partial charge in [-0.1, -0.05) is 26.0 Å². The highest BCUT2D eigenvalue weighted by atomic mass is 32.2. The molecule has 2 aromatic rings. The number of pyridine rings is 1. The van der Waals surface area contributed by atoms with Crippen LogP contribution in [0.4, 0.5) is 5.69 Å². The average Bonchev–Trinajstić information content (AvgIpc) is 3.16. The average molecular weight is 663 g/mol. The number of ether oxygens (including phenoxy) is 1. The predicted octanol–water partition coefficient (Wildman–Crippen LogP) is 2.56. The minimum Gasteiger partial charge on any atom is -0.497 e. The molecule has 0 spiro atoms. The van der Waals surface area contributed by atoms with Crippen LogP contribution in [0.5, 0.6) is 5.75 Å². The molecule has 0 fully saturated rings. The Hall–Kier alpha value is -3.45. The molecule has 0 amide bonds. The van der Waals surface area contributed by atoms with Gasteiger partial charge in [-0.2, -0.15) is 17.2 Å². The van der Waals surface area contributed by atoms with Gasteiger partial charge in [0.15, 0.2) is 18.2 Å². The second-order valence-electron chi connectivity index (χ2n) is 10.6. The molecule has 0 saturated heterocycles. The summed E-state index contributed by atoms with van der Waals surface area (Å²) in [6, 6.07) is 7.88. The van der Waals surface area contributed by atoms with Crippen molar-refractivity contribution in [1.29, 1.82) is 0 Å². The van der Waals surface area contributed by atoms with Gasteiger partial charge in [-0.3, -0.25) is 8.98 Å². The van der Waals surface area contributed by atoms with Crippen LogP contribution in [0.1, 0.15) is 51.7 Å². The van der Waals surface area contributed by atoms with Gasteiger partial charge in [0.25, 0.3) is 15.7 Å². The van der Waals surface area contributed by atoms with Crippen molar-refractivity contribution in [3.05, 3.63) is 74.2 Å². The van der Waals surface area contributed by atoms with E-state index in [9.17, 15) is 13.2 Å². The number of aliphatic hydroxyl groups excluding tert-OH is 1. The monoisotopic (exact) mass is 662 g/mol. The Bertz CT molecular complexity index is 1700. The molecule has 2 aliphatic rings. The molecule has 248 valence electrons. The molecule has 0 atom stereocenters. The lowest BCUT2D eigenvalue weighted by Crippen LogP contribution is -2.42. The third-order valence-corrected chi connectivity index (χ3v) is 8.83. The Balaban J connectivity index is 0.00000159. The topological polar surface area (TPSA) is 118 Å². The summed E-state index contributed by atoms with van der Waals surface area (Å²) in [5.74, 6) is 0.676. The summed E-state index contributed by atoms with van der Waals surface area (Å²) in [4.78, 5) is 15.5. The SMILES string of the molecule is CC.CO.COc1ccc2c(c1)C(C)(C)C(/C=C/c1cc3c(n(C)c1=O)=CC(N(C)C)=CCC=3)=[N+]2CCCS(=O)(=O)OC.O=S. The van der Waals surface area contributed by atoms with Gasteiger partial charge < -0.3 is 19.3 Å². The van der Waals surface area contributed by atoms with E-state index in [1.165, 1.54) is 7.11 Å². The van der Waals surface area contributed by atoms with Gasteiger partial charge in [0.1, 0.15) is 12.3 Å². The van der Waals surface area contributed by atoms with Crippen LogP contribution in [0, 0.1) is 0 Å². The van der Waals surface area contributed by atoms with Crippen LogP contribution in [0.2, 0.25) is 0 Å². The van der Waals surface area contributed by atoms with Crippen LogP contribution in [-0.4, -0.2) is 85.2 Å². The molecule has 10 nitrogen and oxygen atoms in total. The first-order valence-electron chi connectivity index (χ1n) is 14.6. The summed E-state index contributed by atoms with van der Waals surface area (Å²) in [6.07, 6.45) is 11.4. The second-order valence-corrected chi connectivity index (χ2v) is 12.4. The molecule has 1 aromatic carbocycles. The summed E-state index contributed by atoms with van der Waals surface area (Å²) in [6.45, 7) is 8.74. The largest absolute Gasteiger partial charge is 0.497 e. The van der Waals surface area contributed by atoms with Crippen LogP contribution in [0.3, 0.4) is 0 Å². The number of nitrogens with zero attached hydrogens (tertiary/aromatic N) is 3. The van der Waals surface area contributed by atoms with Crippen molar-refractivity contribution in [3.63, 3.8) is 0 Å². The molecular formula is C33H48N3O7S2+. The number of hydrogen-bond acceptors (Lipinski definition) is 9. The van der Waals surface area contributed by atoms with E-state index in [1.54, 1.807) is 18.7 Å². The van der Waals surface area contributed by atoms with Gasteiger partial charge in [0, 0.05) is 63.6 Å². The van der Waals surface area contributed by atoms with E-state index >= 15 is 0 Å². The summed E-state index contributed by atoms with van der Waals surface area (Å²) >= 11 is 2.83. The number of aromatic nitrogens is 1. The fourth-order valence-corrected chi connectivity index (χ4v) is 5.90. The maximum Gasteiger partial charge on any atom is 0.267 e. The highest BCUT2D eigenvalue weighted by molar-refractivity contribution is 7.86. The minimum absolute atomic E-state index is 0.0798. The molecule has 2 heterocycles. The first kappa shape index (κ1) is 39.6. The minimum atomic E-state index is -3.56. The Kier molecular flexibility index (Phi) is 15.7. The first-order valence-corrected chi connectivity index (χ1v) is 16.5. The van der Waals surface area contributed by atoms with Gasteiger partial charge in [-0.15, -0.1) is 0 Å². The number of allylic oxidation sites excluding steroid dienone is 3. The van der Waals surface area contributed by atoms with Crippen molar-refractivity contribution in [3.8, 4) is 5.75 Å². The van der Waals surface area contributed by atoms with Crippen molar-refractivity contribution < 1.29 is 31.2 Å². The zero-order chi connectivity index (χ0) is 34.5. The molecule has 0 unspecified atom stereocenters. The smallest absolute Gasteiger partial charge is 0.267 e. The van der Waals surface area contributed by atoms with Gasteiger partial charge in [0.05, 0.1) is 30.7 Å². The quantitative estimate of drug-likeness (QED) is 0.319. The second kappa shape index (κ2) is 17.9. The van der Waals surface area contributed by atoms with Crippen molar-refractivity contribution >= 4 is 52.3 Å². The number of aliphatic hydroxyl groups is 1. The summed E-state index contributed by atoms with van der Waals surface area (Å²) in [5.41, 5.74) is 4.22. The summed E-state index contributed by atoms with van der Waals surface area (Å²) < 4.78 is 45.7. The van der Waals surface area contributed by atoms with E-state index in [1.807, 2.05) is 75.3 Å². The van der Waals surface area contributed by atoms with Crippen LogP contribution in [0.15, 0.2) is 46.9 Å². The molecular weight excluding hydrogens is 615 g/mol. The third kappa shape index (κ3) is 9.29. The van der Waals surface area contributed by atoms with Crippen LogP contribution < -0.4 is 20.9 Å². The highest BCUT2D eigenvalue weighted by Gasteiger charge is 2.44. The normalized spacial score (nSPS) is 14.4. The van der Waals surface area contributed by atoms with Crippen molar-refractivity contribution in [2.75, 3.05) is 47.7 Å². The van der Waals surface area contributed by atoms with E-state index in [0.29, 0.717) is 18.5 Å². The lowest BCUT2D eigenvalue weighted by atomic mass is 9.81. The Labute approximate surface area is 273 Å². The third-order valence-electron chi connectivity index (χ3n) is 7.54. The molecule has 1 aliphatic carbocycles. The Morgan fingerprint density at radius 1 is 1.09 bits per heavy atom. The Morgan fingerprint density at radius 2 is 1.73 bits per heavy atom. The molecule has 1 aliphatic heterocycles. The predicted molar refractivity (Wildman–Crippen MR) is 184 cm³/mol. The molecule has 0 bridgehead atoms. The molecule has 0 saturated carbocycles. The first-order chi connectivity index (χ1) is 21.4. The highest BCUT2D eigenvalue weighted by Crippen LogP contribution is 2.42. The number of hydrogen-bond donors (Lipinski definition) is 1. The molecule has 1 aromatic heterocycles. The summed E-state index contributed by atoms with van der Waals surface area (Å²) in [5, 5.41) is 8.89. The van der Waals surface area contributed by atoms with Crippen molar-refractivity contribution in [2.45, 2.75) is 46.0 Å². The number of benzene rings is 1. The summed E-state index contributed by atoms with van der Waals surface area (Å²) in [7, 11) is 6.05. The van der Waals surface area contributed by atoms with E-state index in [0.717, 1.165) is 52.5 Å². The number of rotatable bonds is 9. The lowest BCUT2D eigenvalue weighted by molar-refractivity contribution is -0.437. The van der Waals surface area contributed by atoms with Crippen LogP contribution in [0.25, 0.3) is 18.2 Å². The van der Waals surface area contributed by atoms with Crippen molar-refractivity contribution in [1.82, 2.24) is 9.47 Å². The van der Waals surface area contributed by atoms with E-state index in [4.69, 9.17) is 14.1 Å². The molecule has 4 rings (SSSR count). The van der Waals surface area contributed by atoms with Crippen LogP contribution >= 0.6 is 0 Å². The van der Waals surface area contributed by atoms with Gasteiger partial charge in [0.2, 0.25) is 5.69 Å². The maximum atomic E-state index is 13.4. The standard InChI is InChI=1S/C30H38N3O5S.C2H6.CH4O.OS/c1-30(2)25-20-24(37-6)13-14-26(25)33(16-9-17-39(35,36)38-7)28(30)15-12-22-18-21-10-8-11-23(31(3)4)19-27(21)32(5)29(22)34;3*1-2/h10-15,18-20H,8-9,16-17H2,1-7H3;1-2H3;2H,1H3;/q+1;;;/b15-12+;;;. The van der Waals surface area contributed by atoms with E-state index < -0.39 is 15.5 Å². The number of methoxy groups -OCH3 is 1. The maximum absolute atomic E-state index is 13.4. The number of fused-ring (bicyclic) bond motifs is 2. The van der Waals surface area contributed by atoms with Crippen molar-refractivity contribution in [2.24, 2.45) is 7.05 Å². The van der Waals surface area contributed by atoms with E-state index in [-0.39, 0.29) is 11.3 Å². The fraction of sp³-hybridized carbons (Fsp3) is 0.455. The zero-order valence-corrected chi connectivity index (χ0v) is 29.7. The molecule has 12 heteroatoms. The Morgan fingerprint density at radius 3 is 2.31 bits per heavy atom. The van der Waals surface area contributed by atoms with Gasteiger partial charge in [-0.05, 0) is 55.8 Å². The van der Waals surface area contributed by atoms with Gasteiger partial charge >= 0.3 is 0 Å². The van der Waals surface area contributed by atoms with Gasteiger partial charge in [-0.25, -0.2) is 0 Å². The molecule has 0 radical (unpaired) electrons. The fourth-order valence-electron chi connectivity index (χ4n) is 5.25.